The van der Waals surface area contributed by atoms with Crippen LogP contribution < -0.4 is 5.73 Å². The fourth-order valence-electron chi connectivity index (χ4n) is 0.943. The molecule has 2 N–H and O–H groups in total. The Hall–Kier alpha value is -0.570. The molecule has 1 unspecified atom stereocenters. The van der Waals surface area contributed by atoms with Gasteiger partial charge in [0.15, 0.2) is 0 Å². The van der Waals surface area contributed by atoms with Gasteiger partial charge in [-0.2, -0.15) is 0 Å². The van der Waals surface area contributed by atoms with Gasteiger partial charge in [0.25, 0.3) is 0 Å². The first-order valence-electron chi connectivity index (χ1n) is 4.26. The maximum atomic E-state index is 5.74. The summed E-state index contributed by atoms with van der Waals surface area (Å²) in [5, 5.41) is 0.746. The Morgan fingerprint density at radius 1 is 1.38 bits per heavy atom. The monoisotopic (exact) mass is 199 g/mol. The third kappa shape index (κ3) is 4.27. The fraction of sp³-hybridized carbons (Fsp3) is 0.400. The summed E-state index contributed by atoms with van der Waals surface area (Å²) in [6.45, 7) is 3.10. The van der Waals surface area contributed by atoms with Gasteiger partial charge < -0.3 is 10.5 Å². The van der Waals surface area contributed by atoms with Crippen LogP contribution >= 0.6 is 11.6 Å². The van der Waals surface area contributed by atoms with Gasteiger partial charge >= 0.3 is 0 Å². The van der Waals surface area contributed by atoms with Crippen molar-refractivity contribution in [3.63, 3.8) is 0 Å². The minimum atomic E-state index is 0.0901. The molecule has 0 aromatic heterocycles. The molecule has 1 aromatic carbocycles. The predicted molar refractivity (Wildman–Crippen MR) is 54.8 cm³/mol. The van der Waals surface area contributed by atoms with Crippen molar-refractivity contribution in [3.8, 4) is 0 Å². The maximum absolute atomic E-state index is 5.74. The highest BCUT2D eigenvalue weighted by Gasteiger charge is 1.95. The van der Waals surface area contributed by atoms with Gasteiger partial charge in [-0.1, -0.05) is 23.7 Å². The second kappa shape index (κ2) is 5.22. The zero-order valence-corrected chi connectivity index (χ0v) is 8.42. The maximum Gasteiger partial charge on any atom is 0.0717 e. The van der Waals surface area contributed by atoms with Gasteiger partial charge in [-0.05, 0) is 24.6 Å². The molecule has 3 heteroatoms. The molecule has 1 rings (SSSR count). The summed E-state index contributed by atoms with van der Waals surface area (Å²) in [5.74, 6) is 0. The summed E-state index contributed by atoms with van der Waals surface area (Å²) in [4.78, 5) is 0. The van der Waals surface area contributed by atoms with Gasteiger partial charge in [0.1, 0.15) is 0 Å². The van der Waals surface area contributed by atoms with Gasteiger partial charge in [-0.15, -0.1) is 0 Å². The summed E-state index contributed by atoms with van der Waals surface area (Å²) in [6.07, 6.45) is 0. The van der Waals surface area contributed by atoms with E-state index in [1.807, 2.05) is 31.2 Å². The molecular formula is C10H14ClNO. The van der Waals surface area contributed by atoms with Crippen molar-refractivity contribution in [1.29, 1.82) is 0 Å². The molecule has 0 aliphatic rings. The molecule has 13 heavy (non-hydrogen) atoms. The molecular weight excluding hydrogens is 186 g/mol. The van der Waals surface area contributed by atoms with Crippen molar-refractivity contribution >= 4 is 11.6 Å². The van der Waals surface area contributed by atoms with Gasteiger partial charge in [0.2, 0.25) is 0 Å². The van der Waals surface area contributed by atoms with E-state index < -0.39 is 0 Å². The molecule has 0 saturated heterocycles. The quantitative estimate of drug-likeness (QED) is 0.807. The average Bonchev–Trinajstić information content (AvgIpc) is 2.08. The van der Waals surface area contributed by atoms with Crippen molar-refractivity contribution < 1.29 is 4.74 Å². The Morgan fingerprint density at radius 2 is 2.00 bits per heavy atom. The summed E-state index contributed by atoms with van der Waals surface area (Å²) in [7, 11) is 0. The van der Waals surface area contributed by atoms with E-state index in [0.717, 1.165) is 10.6 Å². The normalized spacial score (nSPS) is 12.8. The fourth-order valence-corrected chi connectivity index (χ4v) is 1.07. The number of benzene rings is 1. The number of rotatable bonds is 4. The zero-order valence-electron chi connectivity index (χ0n) is 7.66. The van der Waals surface area contributed by atoms with Crippen LogP contribution in [-0.2, 0) is 11.3 Å². The van der Waals surface area contributed by atoms with Crippen LogP contribution in [0.5, 0.6) is 0 Å². The van der Waals surface area contributed by atoms with Crippen LogP contribution in [-0.4, -0.2) is 12.6 Å². The minimum absolute atomic E-state index is 0.0901. The SMILES string of the molecule is CC(N)COCc1ccc(Cl)cc1. The average molecular weight is 200 g/mol. The van der Waals surface area contributed by atoms with Crippen molar-refractivity contribution in [2.24, 2.45) is 5.73 Å². The smallest absolute Gasteiger partial charge is 0.0717 e. The Morgan fingerprint density at radius 3 is 2.54 bits per heavy atom. The van der Waals surface area contributed by atoms with E-state index >= 15 is 0 Å². The van der Waals surface area contributed by atoms with Crippen LogP contribution in [0.15, 0.2) is 24.3 Å². The van der Waals surface area contributed by atoms with Crippen molar-refractivity contribution in [1.82, 2.24) is 0 Å². The molecule has 0 aliphatic carbocycles. The highest BCUT2D eigenvalue weighted by molar-refractivity contribution is 6.30. The first-order valence-corrected chi connectivity index (χ1v) is 4.64. The van der Waals surface area contributed by atoms with Crippen LogP contribution in [0.3, 0.4) is 0 Å². The Balaban J connectivity index is 2.33. The Bertz CT molecular complexity index is 246. The van der Waals surface area contributed by atoms with E-state index in [1.165, 1.54) is 0 Å². The van der Waals surface area contributed by atoms with Gasteiger partial charge in [0.05, 0.1) is 13.2 Å². The summed E-state index contributed by atoms with van der Waals surface area (Å²) < 4.78 is 5.35. The van der Waals surface area contributed by atoms with E-state index in [4.69, 9.17) is 22.1 Å². The van der Waals surface area contributed by atoms with E-state index in [9.17, 15) is 0 Å². The largest absolute Gasteiger partial charge is 0.375 e. The van der Waals surface area contributed by atoms with Crippen LogP contribution in [0, 0.1) is 0 Å². The molecule has 0 saturated carbocycles. The highest BCUT2D eigenvalue weighted by Crippen LogP contribution is 2.10. The topological polar surface area (TPSA) is 35.2 Å². The lowest BCUT2D eigenvalue weighted by molar-refractivity contribution is 0.111. The first kappa shape index (κ1) is 10.5. The van der Waals surface area contributed by atoms with Gasteiger partial charge in [-0.25, -0.2) is 0 Å². The van der Waals surface area contributed by atoms with Crippen LogP contribution in [0.4, 0.5) is 0 Å². The third-order valence-electron chi connectivity index (χ3n) is 1.56. The number of nitrogens with two attached hydrogens (primary N) is 1. The third-order valence-corrected chi connectivity index (χ3v) is 1.81. The number of ether oxygens (including phenoxy) is 1. The van der Waals surface area contributed by atoms with E-state index in [2.05, 4.69) is 0 Å². The molecule has 1 aromatic rings. The summed E-state index contributed by atoms with van der Waals surface area (Å²) >= 11 is 5.74. The lowest BCUT2D eigenvalue weighted by Crippen LogP contribution is -2.21. The van der Waals surface area contributed by atoms with Crippen molar-refractivity contribution in [2.45, 2.75) is 19.6 Å². The molecule has 72 valence electrons. The predicted octanol–water partition coefficient (Wildman–Crippen LogP) is 2.20. The van der Waals surface area contributed by atoms with Crippen molar-refractivity contribution in [3.05, 3.63) is 34.9 Å². The lowest BCUT2D eigenvalue weighted by atomic mass is 10.2. The van der Waals surface area contributed by atoms with Gasteiger partial charge in [-0.3, -0.25) is 0 Å². The van der Waals surface area contributed by atoms with E-state index in [-0.39, 0.29) is 6.04 Å². The molecule has 0 bridgehead atoms. The van der Waals surface area contributed by atoms with Crippen molar-refractivity contribution in [2.75, 3.05) is 6.61 Å². The van der Waals surface area contributed by atoms with Gasteiger partial charge in [0, 0.05) is 11.1 Å². The van der Waals surface area contributed by atoms with Crippen LogP contribution in [0.2, 0.25) is 5.02 Å². The molecule has 0 aliphatic heterocycles. The minimum Gasteiger partial charge on any atom is -0.375 e. The number of hydrogen-bond acceptors (Lipinski definition) is 2. The molecule has 0 heterocycles. The second-order valence-corrected chi connectivity index (χ2v) is 3.56. The zero-order chi connectivity index (χ0) is 9.68. The van der Waals surface area contributed by atoms with Crippen LogP contribution in [0.1, 0.15) is 12.5 Å². The van der Waals surface area contributed by atoms with E-state index in [1.54, 1.807) is 0 Å². The number of halogens is 1. The summed E-state index contributed by atoms with van der Waals surface area (Å²) in [6, 6.07) is 7.69. The summed E-state index contributed by atoms with van der Waals surface area (Å²) in [5.41, 5.74) is 6.65. The molecule has 0 radical (unpaired) electrons. The molecule has 0 fully saturated rings. The Labute approximate surface area is 83.6 Å². The lowest BCUT2D eigenvalue weighted by Gasteiger charge is -2.06. The second-order valence-electron chi connectivity index (χ2n) is 3.12. The highest BCUT2D eigenvalue weighted by atomic mass is 35.5. The first-order chi connectivity index (χ1) is 6.18. The standard InChI is InChI=1S/C10H14ClNO/c1-8(12)6-13-7-9-2-4-10(11)5-3-9/h2-5,8H,6-7,12H2,1H3. The molecule has 0 amide bonds. The molecule has 0 spiro atoms. The Kier molecular flexibility index (Phi) is 4.22. The molecule has 2 nitrogen and oxygen atoms in total. The molecule has 1 atom stereocenters. The number of hydrogen-bond donors (Lipinski definition) is 1. The van der Waals surface area contributed by atoms with E-state index in [0.29, 0.717) is 13.2 Å². The van der Waals surface area contributed by atoms with Crippen LogP contribution in [0.25, 0.3) is 0 Å².